The first-order valence-corrected chi connectivity index (χ1v) is 14.8. The molecule has 3 fully saturated rings. The summed E-state index contributed by atoms with van der Waals surface area (Å²) in [6.45, 7) is 6.33. The predicted molar refractivity (Wildman–Crippen MR) is 161 cm³/mol. The Kier molecular flexibility index (Phi) is 6.95. The highest BCUT2D eigenvalue weighted by Crippen LogP contribution is 2.44. The standard InChI is InChI=1S/C30H33ClFN9O/c31-20-3-10-35-24(16-20)37-28(42)19-1-2-22(23(32)15-19)25-26-27(33)36-11-14-41(26)29(38-25)39-12-6-30(7-13-39)17-40(18-30)21-4-8-34-9-5-21/h1-3,10-11,14-16,21,34H,4-9,12-13,17-18H2,(H2,33,36)(H,35,37,42). The maximum atomic E-state index is 15.6. The summed E-state index contributed by atoms with van der Waals surface area (Å²) in [6, 6.07) is 8.16. The van der Waals surface area contributed by atoms with Crippen LogP contribution in [0.15, 0.2) is 48.9 Å². The second-order valence-corrected chi connectivity index (χ2v) is 12.1. The lowest BCUT2D eigenvalue weighted by molar-refractivity contribution is -0.0538. The fraction of sp³-hybridized carbons (Fsp3) is 0.400. The number of benzene rings is 1. The van der Waals surface area contributed by atoms with Crippen LogP contribution in [0.1, 0.15) is 36.0 Å². The number of aromatic nitrogens is 4. The number of fused-ring (bicyclic) bond motifs is 1. The molecule has 12 heteroatoms. The molecule has 3 saturated heterocycles. The Labute approximate surface area is 248 Å². The molecule has 4 N–H and O–H groups in total. The van der Waals surface area contributed by atoms with E-state index in [1.807, 2.05) is 10.6 Å². The molecule has 6 heterocycles. The lowest BCUT2D eigenvalue weighted by atomic mass is 9.71. The number of amides is 1. The molecule has 0 radical (unpaired) electrons. The van der Waals surface area contributed by atoms with Gasteiger partial charge in [-0.2, -0.15) is 0 Å². The highest BCUT2D eigenvalue weighted by molar-refractivity contribution is 6.30. The van der Waals surface area contributed by atoms with E-state index in [0.717, 1.165) is 45.0 Å². The molecule has 7 rings (SSSR count). The van der Waals surface area contributed by atoms with Gasteiger partial charge in [-0.15, -0.1) is 0 Å². The molecule has 1 spiro atoms. The van der Waals surface area contributed by atoms with Crippen molar-refractivity contribution in [1.29, 1.82) is 0 Å². The van der Waals surface area contributed by atoms with E-state index in [0.29, 0.717) is 27.7 Å². The van der Waals surface area contributed by atoms with Crippen molar-refractivity contribution in [2.45, 2.75) is 31.7 Å². The molecule has 0 bridgehead atoms. The predicted octanol–water partition coefficient (Wildman–Crippen LogP) is 4.07. The van der Waals surface area contributed by atoms with Gasteiger partial charge in [-0.1, -0.05) is 11.6 Å². The van der Waals surface area contributed by atoms with Crippen molar-refractivity contribution >= 4 is 40.6 Å². The number of anilines is 3. The zero-order chi connectivity index (χ0) is 28.8. The lowest BCUT2D eigenvalue weighted by Gasteiger charge is -2.57. The number of hydrogen-bond acceptors (Lipinski definition) is 8. The summed E-state index contributed by atoms with van der Waals surface area (Å²) in [5, 5.41) is 6.54. The number of likely N-dealkylation sites (tertiary alicyclic amines) is 1. The van der Waals surface area contributed by atoms with Crippen molar-refractivity contribution in [1.82, 2.24) is 29.6 Å². The molecule has 1 amide bonds. The monoisotopic (exact) mass is 589 g/mol. The lowest BCUT2D eigenvalue weighted by Crippen LogP contribution is -2.64. The Morgan fingerprint density at radius 2 is 1.88 bits per heavy atom. The van der Waals surface area contributed by atoms with Crippen LogP contribution >= 0.6 is 11.6 Å². The normalized spacial score (nSPS) is 19.2. The molecular weight excluding hydrogens is 557 g/mol. The summed E-state index contributed by atoms with van der Waals surface area (Å²) >= 11 is 5.98. The summed E-state index contributed by atoms with van der Waals surface area (Å²) < 4.78 is 17.5. The molecule has 4 aromatic rings. The van der Waals surface area contributed by atoms with Gasteiger partial charge in [0.1, 0.15) is 28.7 Å². The zero-order valence-electron chi connectivity index (χ0n) is 23.2. The van der Waals surface area contributed by atoms with Crippen LogP contribution < -0.4 is 21.3 Å². The first kappa shape index (κ1) is 27.1. The Balaban J connectivity index is 1.11. The molecule has 0 atom stereocenters. The third-order valence-electron chi connectivity index (χ3n) is 9.02. The van der Waals surface area contributed by atoms with E-state index >= 15 is 4.39 Å². The van der Waals surface area contributed by atoms with Gasteiger partial charge in [0.15, 0.2) is 0 Å². The average Bonchev–Trinajstić information content (AvgIpc) is 3.37. The SMILES string of the molecule is Nc1nccn2c(N3CCC4(CC3)CN(C3CCNCC3)C4)nc(-c3ccc(C(=O)Nc4cc(Cl)ccn4)cc3F)c12. The molecule has 10 nitrogen and oxygen atoms in total. The molecule has 42 heavy (non-hydrogen) atoms. The van der Waals surface area contributed by atoms with Crippen LogP contribution in [0, 0.1) is 11.2 Å². The average molecular weight is 590 g/mol. The van der Waals surface area contributed by atoms with E-state index in [-0.39, 0.29) is 22.8 Å². The second-order valence-electron chi connectivity index (χ2n) is 11.7. The third-order valence-corrected chi connectivity index (χ3v) is 9.26. The third kappa shape index (κ3) is 4.95. The van der Waals surface area contributed by atoms with Gasteiger partial charge >= 0.3 is 0 Å². The minimum Gasteiger partial charge on any atom is -0.382 e. The quantitative estimate of drug-likeness (QED) is 0.319. The maximum absolute atomic E-state index is 15.6. The first-order valence-electron chi connectivity index (χ1n) is 14.4. The maximum Gasteiger partial charge on any atom is 0.256 e. The molecule has 3 aromatic heterocycles. The Bertz CT molecular complexity index is 1640. The van der Waals surface area contributed by atoms with Gasteiger partial charge in [-0.25, -0.2) is 19.3 Å². The van der Waals surface area contributed by atoms with E-state index in [1.165, 1.54) is 44.3 Å². The van der Waals surface area contributed by atoms with Crippen LogP contribution in [-0.4, -0.2) is 75.5 Å². The molecule has 1 aromatic carbocycles. The van der Waals surface area contributed by atoms with Gasteiger partial charge in [0.05, 0.1) is 0 Å². The number of nitrogen functional groups attached to an aromatic ring is 1. The summed E-state index contributed by atoms with van der Waals surface area (Å²) in [5.41, 5.74) is 8.04. The van der Waals surface area contributed by atoms with E-state index in [2.05, 4.69) is 30.4 Å². The molecule has 0 aliphatic carbocycles. The summed E-state index contributed by atoms with van der Waals surface area (Å²) in [5.74, 6) is 0.200. The van der Waals surface area contributed by atoms with Gasteiger partial charge in [-0.05, 0) is 74.5 Å². The van der Waals surface area contributed by atoms with Crippen LogP contribution in [0.4, 0.5) is 22.0 Å². The van der Waals surface area contributed by atoms with Crippen LogP contribution in [0.3, 0.4) is 0 Å². The van der Waals surface area contributed by atoms with Crippen molar-refractivity contribution < 1.29 is 9.18 Å². The number of nitrogens with one attached hydrogen (secondary N) is 2. The van der Waals surface area contributed by atoms with Gasteiger partial charge in [0.2, 0.25) is 5.95 Å². The Morgan fingerprint density at radius 3 is 2.62 bits per heavy atom. The molecule has 3 aliphatic heterocycles. The fourth-order valence-corrected chi connectivity index (χ4v) is 6.87. The van der Waals surface area contributed by atoms with Crippen LogP contribution in [-0.2, 0) is 0 Å². The van der Waals surface area contributed by atoms with Crippen molar-refractivity contribution in [3.63, 3.8) is 0 Å². The van der Waals surface area contributed by atoms with Gasteiger partial charge < -0.3 is 21.3 Å². The number of carbonyl (C=O) groups excluding carboxylic acids is 1. The largest absolute Gasteiger partial charge is 0.382 e. The van der Waals surface area contributed by atoms with E-state index < -0.39 is 11.7 Å². The van der Waals surface area contributed by atoms with Gasteiger partial charge in [0, 0.05) is 67.0 Å². The molecule has 3 aliphatic rings. The number of nitrogens with zero attached hydrogens (tertiary/aromatic N) is 6. The topological polar surface area (TPSA) is 117 Å². The molecule has 0 saturated carbocycles. The van der Waals surface area contributed by atoms with Crippen molar-refractivity contribution in [3.8, 4) is 11.3 Å². The summed E-state index contributed by atoms with van der Waals surface area (Å²) in [7, 11) is 0. The minimum atomic E-state index is -0.582. The van der Waals surface area contributed by atoms with Crippen LogP contribution in [0.2, 0.25) is 5.02 Å². The highest BCUT2D eigenvalue weighted by atomic mass is 35.5. The fourth-order valence-electron chi connectivity index (χ4n) is 6.71. The number of hydrogen-bond donors (Lipinski definition) is 3. The van der Waals surface area contributed by atoms with Crippen LogP contribution in [0.25, 0.3) is 16.8 Å². The molecular formula is C30H33ClFN9O. The van der Waals surface area contributed by atoms with Crippen LogP contribution in [0.5, 0.6) is 0 Å². The van der Waals surface area contributed by atoms with E-state index in [1.54, 1.807) is 24.4 Å². The number of halogens is 2. The smallest absolute Gasteiger partial charge is 0.256 e. The minimum absolute atomic E-state index is 0.147. The second kappa shape index (κ2) is 10.8. The summed E-state index contributed by atoms with van der Waals surface area (Å²) in [4.78, 5) is 31.0. The Hall–Kier alpha value is -3.80. The number of imidazole rings is 1. The highest BCUT2D eigenvalue weighted by Gasteiger charge is 2.47. The summed E-state index contributed by atoms with van der Waals surface area (Å²) in [6.07, 6.45) is 9.61. The number of carbonyl (C=O) groups is 1. The molecule has 218 valence electrons. The number of piperidine rings is 2. The number of rotatable bonds is 5. The first-order chi connectivity index (χ1) is 20.4. The van der Waals surface area contributed by atoms with Gasteiger partial charge in [0.25, 0.3) is 5.91 Å². The zero-order valence-corrected chi connectivity index (χ0v) is 23.9. The van der Waals surface area contributed by atoms with Crippen molar-refractivity contribution in [2.75, 3.05) is 55.2 Å². The van der Waals surface area contributed by atoms with E-state index in [9.17, 15) is 4.79 Å². The Morgan fingerprint density at radius 1 is 1.10 bits per heavy atom. The van der Waals surface area contributed by atoms with Gasteiger partial charge in [-0.3, -0.25) is 14.1 Å². The number of nitrogens with two attached hydrogens (primary N) is 1. The van der Waals surface area contributed by atoms with Crippen molar-refractivity contribution in [3.05, 3.63) is 65.3 Å². The van der Waals surface area contributed by atoms with E-state index in [4.69, 9.17) is 22.3 Å². The molecule has 0 unspecified atom stereocenters. The number of pyridine rings is 1. The van der Waals surface area contributed by atoms with Crippen molar-refractivity contribution in [2.24, 2.45) is 5.41 Å².